The highest BCUT2D eigenvalue weighted by molar-refractivity contribution is 5.78. The fourth-order valence-electron chi connectivity index (χ4n) is 2.69. The van der Waals surface area contributed by atoms with Crippen molar-refractivity contribution < 1.29 is 0 Å². The first-order valence-corrected chi connectivity index (χ1v) is 6.58. The molecule has 2 atom stereocenters. The standard InChI is InChI=1S/C14H20N4/c1-10-9-18(11(2)8-15-10)14-16-12-6-4-5-7-13(12)17(14)3/h4-7,10-11,15H,8-9H2,1-3H3. The largest absolute Gasteiger partial charge is 0.337 e. The van der Waals surface area contributed by atoms with Crippen LogP contribution in [0.25, 0.3) is 11.0 Å². The maximum Gasteiger partial charge on any atom is 0.206 e. The monoisotopic (exact) mass is 244 g/mol. The molecule has 0 amide bonds. The molecule has 2 heterocycles. The molecular weight excluding hydrogens is 224 g/mol. The molecule has 1 N–H and O–H groups in total. The second kappa shape index (κ2) is 4.28. The summed E-state index contributed by atoms with van der Waals surface area (Å²) in [6.07, 6.45) is 0. The number of hydrogen-bond acceptors (Lipinski definition) is 3. The van der Waals surface area contributed by atoms with Gasteiger partial charge < -0.3 is 14.8 Å². The molecule has 1 fully saturated rings. The fourth-order valence-corrected chi connectivity index (χ4v) is 2.69. The van der Waals surface area contributed by atoms with E-state index >= 15 is 0 Å². The van der Waals surface area contributed by atoms with Gasteiger partial charge in [-0.3, -0.25) is 0 Å². The van der Waals surface area contributed by atoms with Crippen molar-refractivity contribution in [2.45, 2.75) is 25.9 Å². The molecule has 0 bridgehead atoms. The lowest BCUT2D eigenvalue weighted by Crippen LogP contribution is -2.55. The number of aromatic nitrogens is 2. The third-order valence-electron chi connectivity index (χ3n) is 3.78. The molecule has 2 aromatic rings. The minimum Gasteiger partial charge on any atom is -0.337 e. The number of nitrogens with zero attached hydrogens (tertiary/aromatic N) is 3. The first-order valence-electron chi connectivity index (χ1n) is 6.58. The smallest absolute Gasteiger partial charge is 0.206 e. The van der Waals surface area contributed by atoms with Crippen molar-refractivity contribution in [3.63, 3.8) is 0 Å². The van der Waals surface area contributed by atoms with Crippen LogP contribution in [0.1, 0.15) is 13.8 Å². The Hall–Kier alpha value is -1.55. The number of hydrogen-bond donors (Lipinski definition) is 1. The third-order valence-corrected chi connectivity index (χ3v) is 3.78. The summed E-state index contributed by atoms with van der Waals surface area (Å²) in [7, 11) is 2.10. The minimum atomic E-state index is 0.483. The molecule has 4 heteroatoms. The van der Waals surface area contributed by atoms with Crippen molar-refractivity contribution >= 4 is 17.0 Å². The Morgan fingerprint density at radius 1 is 1.28 bits per heavy atom. The molecule has 1 aromatic carbocycles. The van der Waals surface area contributed by atoms with Crippen LogP contribution >= 0.6 is 0 Å². The van der Waals surface area contributed by atoms with Crippen molar-refractivity contribution in [3.05, 3.63) is 24.3 Å². The maximum atomic E-state index is 4.78. The van der Waals surface area contributed by atoms with Crippen LogP contribution in [-0.4, -0.2) is 34.7 Å². The van der Waals surface area contributed by atoms with E-state index in [0.29, 0.717) is 12.1 Å². The summed E-state index contributed by atoms with van der Waals surface area (Å²) >= 11 is 0. The molecule has 3 rings (SSSR count). The molecule has 1 saturated heterocycles. The predicted octanol–water partition coefficient (Wildman–Crippen LogP) is 1.76. The zero-order chi connectivity index (χ0) is 12.7. The lowest BCUT2D eigenvalue weighted by Gasteiger charge is -2.38. The van der Waals surface area contributed by atoms with E-state index in [1.54, 1.807) is 0 Å². The molecule has 0 saturated carbocycles. The molecule has 0 aliphatic carbocycles. The average molecular weight is 244 g/mol. The van der Waals surface area contributed by atoms with Crippen molar-refractivity contribution in [2.24, 2.45) is 7.05 Å². The summed E-state index contributed by atoms with van der Waals surface area (Å²) in [6.45, 7) is 6.50. The number of anilines is 1. The quantitative estimate of drug-likeness (QED) is 0.830. The van der Waals surface area contributed by atoms with Crippen LogP contribution in [0.2, 0.25) is 0 Å². The van der Waals surface area contributed by atoms with Crippen molar-refractivity contribution in [1.29, 1.82) is 0 Å². The molecule has 1 aliphatic heterocycles. The van der Waals surface area contributed by atoms with E-state index < -0.39 is 0 Å². The Morgan fingerprint density at radius 3 is 2.83 bits per heavy atom. The molecule has 0 spiro atoms. The van der Waals surface area contributed by atoms with Gasteiger partial charge in [0.25, 0.3) is 0 Å². The van der Waals surface area contributed by atoms with Gasteiger partial charge in [-0.2, -0.15) is 0 Å². The Balaban J connectivity index is 2.05. The Labute approximate surface area is 108 Å². The summed E-state index contributed by atoms with van der Waals surface area (Å²) in [5, 5.41) is 3.51. The third kappa shape index (κ3) is 1.77. The van der Waals surface area contributed by atoms with Gasteiger partial charge in [-0.05, 0) is 26.0 Å². The molecule has 4 nitrogen and oxygen atoms in total. The second-order valence-electron chi connectivity index (χ2n) is 5.27. The Kier molecular flexibility index (Phi) is 2.74. The van der Waals surface area contributed by atoms with Gasteiger partial charge in [0.15, 0.2) is 0 Å². The van der Waals surface area contributed by atoms with E-state index in [0.717, 1.165) is 24.6 Å². The number of piperazine rings is 1. The number of fused-ring (bicyclic) bond motifs is 1. The summed E-state index contributed by atoms with van der Waals surface area (Å²) in [6, 6.07) is 9.32. The van der Waals surface area contributed by atoms with Gasteiger partial charge in [-0.1, -0.05) is 12.1 Å². The lowest BCUT2D eigenvalue weighted by atomic mass is 10.1. The van der Waals surface area contributed by atoms with Crippen LogP contribution in [0.5, 0.6) is 0 Å². The molecule has 0 radical (unpaired) electrons. The fraction of sp³-hybridized carbons (Fsp3) is 0.500. The van der Waals surface area contributed by atoms with Gasteiger partial charge >= 0.3 is 0 Å². The van der Waals surface area contributed by atoms with E-state index in [1.165, 1.54) is 5.52 Å². The second-order valence-corrected chi connectivity index (χ2v) is 5.27. The summed E-state index contributed by atoms with van der Waals surface area (Å²) in [4.78, 5) is 7.19. The number of rotatable bonds is 1. The number of benzene rings is 1. The van der Waals surface area contributed by atoms with E-state index in [4.69, 9.17) is 4.98 Å². The molecule has 1 aliphatic rings. The van der Waals surface area contributed by atoms with Crippen molar-refractivity contribution in [2.75, 3.05) is 18.0 Å². The van der Waals surface area contributed by atoms with Gasteiger partial charge in [-0.15, -0.1) is 0 Å². The van der Waals surface area contributed by atoms with Gasteiger partial charge in [-0.25, -0.2) is 4.98 Å². The Bertz CT molecular complexity index is 560. The molecule has 18 heavy (non-hydrogen) atoms. The topological polar surface area (TPSA) is 33.1 Å². The number of nitrogens with one attached hydrogen (secondary N) is 1. The van der Waals surface area contributed by atoms with Crippen LogP contribution in [0.15, 0.2) is 24.3 Å². The van der Waals surface area contributed by atoms with E-state index in [1.807, 2.05) is 6.07 Å². The molecule has 96 valence electrons. The maximum absolute atomic E-state index is 4.78. The summed E-state index contributed by atoms with van der Waals surface area (Å²) in [5.41, 5.74) is 2.28. The van der Waals surface area contributed by atoms with E-state index in [-0.39, 0.29) is 0 Å². The van der Waals surface area contributed by atoms with Crippen LogP contribution in [0.4, 0.5) is 5.95 Å². The van der Waals surface area contributed by atoms with Crippen LogP contribution in [-0.2, 0) is 7.05 Å². The number of imidazole rings is 1. The van der Waals surface area contributed by atoms with Gasteiger partial charge in [0.05, 0.1) is 11.0 Å². The SMILES string of the molecule is CC1CN(c2nc3ccccc3n2C)C(C)CN1. The highest BCUT2D eigenvalue weighted by atomic mass is 15.3. The van der Waals surface area contributed by atoms with Gasteiger partial charge in [0, 0.05) is 32.2 Å². The van der Waals surface area contributed by atoms with Crippen LogP contribution < -0.4 is 10.2 Å². The average Bonchev–Trinajstić information content (AvgIpc) is 2.71. The number of aryl methyl sites for hydroxylation is 1. The van der Waals surface area contributed by atoms with Crippen LogP contribution in [0.3, 0.4) is 0 Å². The number of para-hydroxylation sites is 2. The molecule has 2 unspecified atom stereocenters. The minimum absolute atomic E-state index is 0.483. The van der Waals surface area contributed by atoms with Crippen molar-refractivity contribution in [1.82, 2.24) is 14.9 Å². The highest BCUT2D eigenvalue weighted by Crippen LogP contribution is 2.23. The highest BCUT2D eigenvalue weighted by Gasteiger charge is 2.25. The van der Waals surface area contributed by atoms with Crippen molar-refractivity contribution in [3.8, 4) is 0 Å². The first kappa shape index (κ1) is 11.5. The van der Waals surface area contributed by atoms with E-state index in [2.05, 4.69) is 53.9 Å². The van der Waals surface area contributed by atoms with Gasteiger partial charge in [0.1, 0.15) is 0 Å². The zero-order valence-corrected chi connectivity index (χ0v) is 11.2. The predicted molar refractivity (Wildman–Crippen MR) is 75.0 cm³/mol. The molecule has 1 aromatic heterocycles. The van der Waals surface area contributed by atoms with E-state index in [9.17, 15) is 0 Å². The zero-order valence-electron chi connectivity index (χ0n) is 11.2. The first-order chi connectivity index (χ1) is 8.66. The normalized spacial score (nSPS) is 24.7. The summed E-state index contributed by atoms with van der Waals surface area (Å²) in [5.74, 6) is 1.08. The molecular formula is C14H20N4. The lowest BCUT2D eigenvalue weighted by molar-refractivity contribution is 0.418. The van der Waals surface area contributed by atoms with Crippen LogP contribution in [0, 0.1) is 0 Å². The summed E-state index contributed by atoms with van der Waals surface area (Å²) < 4.78 is 2.20. The Morgan fingerprint density at radius 2 is 2.06 bits per heavy atom. The van der Waals surface area contributed by atoms with Gasteiger partial charge in [0.2, 0.25) is 5.95 Å².